The second-order valence-electron chi connectivity index (χ2n) is 6.90. The van der Waals surface area contributed by atoms with E-state index in [-0.39, 0.29) is 12.5 Å². The lowest BCUT2D eigenvalue weighted by atomic mass is 10.0. The van der Waals surface area contributed by atoms with Gasteiger partial charge in [-0.1, -0.05) is 44.2 Å². The number of anilines is 1. The van der Waals surface area contributed by atoms with Crippen LogP contribution in [0.25, 0.3) is 0 Å². The fourth-order valence-corrected chi connectivity index (χ4v) is 4.27. The van der Waals surface area contributed by atoms with Crippen molar-refractivity contribution in [1.29, 1.82) is 0 Å². The summed E-state index contributed by atoms with van der Waals surface area (Å²) in [6.07, 6.45) is 2.04. The molecule has 0 saturated heterocycles. The van der Waals surface area contributed by atoms with E-state index in [1.165, 1.54) is 15.4 Å². The molecule has 1 amide bonds. The molecule has 6 nitrogen and oxygen atoms in total. The molecular weight excluding hydrogens is 376 g/mol. The number of carbonyl (C=O) groups excluding carboxylic acids is 1. The monoisotopic (exact) mass is 402 g/mol. The van der Waals surface area contributed by atoms with Crippen LogP contribution in [-0.2, 0) is 34.2 Å². The third-order valence-corrected chi connectivity index (χ3v) is 6.09. The molecule has 0 aliphatic carbocycles. The summed E-state index contributed by atoms with van der Waals surface area (Å²) in [4.78, 5) is 12.8. The van der Waals surface area contributed by atoms with E-state index in [2.05, 4.69) is 37.4 Å². The number of nitrogens with one attached hydrogen (secondary N) is 1. The van der Waals surface area contributed by atoms with Crippen molar-refractivity contribution in [3.8, 4) is 5.75 Å². The molecule has 0 saturated carbocycles. The van der Waals surface area contributed by atoms with E-state index in [0.29, 0.717) is 18.0 Å². The van der Waals surface area contributed by atoms with E-state index in [9.17, 15) is 13.2 Å². The zero-order valence-electron chi connectivity index (χ0n) is 16.4. The Kier molecular flexibility index (Phi) is 5.93. The number of nitrogens with zero attached hydrogens (tertiary/aromatic N) is 1. The Hall–Kier alpha value is -2.54. The summed E-state index contributed by atoms with van der Waals surface area (Å²) in [5.74, 6) is 0.0636. The van der Waals surface area contributed by atoms with Crippen molar-refractivity contribution in [2.75, 3.05) is 17.1 Å². The largest absolute Gasteiger partial charge is 0.476 e. The highest BCUT2D eigenvalue weighted by molar-refractivity contribution is 7.92. The number of fused-ring (bicyclic) bond motifs is 1. The zero-order valence-corrected chi connectivity index (χ0v) is 17.3. The van der Waals surface area contributed by atoms with Crippen LogP contribution in [0.3, 0.4) is 0 Å². The number of sulfonamides is 1. The van der Waals surface area contributed by atoms with Crippen LogP contribution in [0.15, 0.2) is 42.5 Å². The molecule has 0 fully saturated rings. The normalized spacial score (nSPS) is 16.2. The van der Waals surface area contributed by atoms with Crippen LogP contribution in [0.4, 0.5) is 5.69 Å². The van der Waals surface area contributed by atoms with Gasteiger partial charge in [-0.25, -0.2) is 8.42 Å². The molecule has 2 aromatic carbocycles. The molecule has 1 unspecified atom stereocenters. The van der Waals surface area contributed by atoms with E-state index < -0.39 is 16.1 Å². The third-order valence-electron chi connectivity index (χ3n) is 4.94. The Balaban J connectivity index is 1.77. The van der Waals surface area contributed by atoms with Crippen LogP contribution < -0.4 is 14.4 Å². The van der Waals surface area contributed by atoms with Crippen molar-refractivity contribution in [2.45, 2.75) is 39.3 Å². The molecule has 1 heterocycles. The standard InChI is InChI=1S/C21H26N2O4S/c1-4-15-10-11-16(5-2)17(12-15)13-22-21(24)20-14-23(28(3,25)26)18-8-6-7-9-19(18)27-20/h6-12,20H,4-5,13-14H2,1-3H3,(H,22,24). The first-order valence-electron chi connectivity index (χ1n) is 9.45. The minimum absolute atomic E-state index is 0.0443. The molecule has 1 atom stereocenters. The van der Waals surface area contributed by atoms with Crippen molar-refractivity contribution >= 4 is 21.6 Å². The summed E-state index contributed by atoms with van der Waals surface area (Å²) >= 11 is 0. The summed E-state index contributed by atoms with van der Waals surface area (Å²) in [7, 11) is -3.52. The zero-order chi connectivity index (χ0) is 20.3. The molecule has 3 rings (SSSR count). The van der Waals surface area contributed by atoms with Crippen LogP contribution >= 0.6 is 0 Å². The summed E-state index contributed by atoms with van der Waals surface area (Å²) in [5, 5.41) is 2.91. The Morgan fingerprint density at radius 3 is 2.57 bits per heavy atom. The van der Waals surface area contributed by atoms with Gasteiger partial charge >= 0.3 is 0 Å². The molecule has 7 heteroatoms. The maximum Gasteiger partial charge on any atom is 0.263 e. The van der Waals surface area contributed by atoms with Gasteiger partial charge in [-0.15, -0.1) is 0 Å². The van der Waals surface area contributed by atoms with Gasteiger partial charge in [-0.05, 0) is 41.7 Å². The first-order chi connectivity index (χ1) is 13.3. The Bertz CT molecular complexity index is 972. The quantitative estimate of drug-likeness (QED) is 0.806. The lowest BCUT2D eigenvalue weighted by Crippen LogP contribution is -2.50. The highest BCUT2D eigenvalue weighted by Crippen LogP contribution is 2.34. The van der Waals surface area contributed by atoms with Gasteiger partial charge in [-0.2, -0.15) is 0 Å². The fourth-order valence-electron chi connectivity index (χ4n) is 3.36. The average Bonchev–Trinajstić information content (AvgIpc) is 2.70. The maximum atomic E-state index is 12.8. The smallest absolute Gasteiger partial charge is 0.263 e. The van der Waals surface area contributed by atoms with E-state index in [0.717, 1.165) is 24.7 Å². The summed E-state index contributed by atoms with van der Waals surface area (Å²) < 4.78 is 31.4. The lowest BCUT2D eigenvalue weighted by molar-refractivity contribution is -0.127. The van der Waals surface area contributed by atoms with Crippen LogP contribution in [0.1, 0.15) is 30.5 Å². The van der Waals surface area contributed by atoms with Gasteiger partial charge in [0.05, 0.1) is 18.5 Å². The first kappa shape index (κ1) is 20.2. The van der Waals surface area contributed by atoms with Gasteiger partial charge < -0.3 is 10.1 Å². The van der Waals surface area contributed by atoms with E-state index in [4.69, 9.17) is 4.74 Å². The predicted molar refractivity (Wildman–Crippen MR) is 110 cm³/mol. The topological polar surface area (TPSA) is 75.7 Å². The second-order valence-corrected chi connectivity index (χ2v) is 8.80. The first-order valence-corrected chi connectivity index (χ1v) is 11.3. The molecule has 1 N–H and O–H groups in total. The minimum Gasteiger partial charge on any atom is -0.476 e. The van der Waals surface area contributed by atoms with Gasteiger partial charge in [0, 0.05) is 6.54 Å². The van der Waals surface area contributed by atoms with E-state index >= 15 is 0 Å². The summed E-state index contributed by atoms with van der Waals surface area (Å²) in [6, 6.07) is 13.2. The van der Waals surface area contributed by atoms with Gasteiger partial charge in [-0.3, -0.25) is 9.10 Å². The highest BCUT2D eigenvalue weighted by atomic mass is 32.2. The number of para-hydroxylation sites is 2. The van der Waals surface area contributed by atoms with Crippen LogP contribution in [0, 0.1) is 0 Å². The Morgan fingerprint density at radius 1 is 1.14 bits per heavy atom. The molecule has 0 aromatic heterocycles. The van der Waals surface area contributed by atoms with Crippen LogP contribution in [0.2, 0.25) is 0 Å². The minimum atomic E-state index is -3.52. The number of hydrogen-bond acceptors (Lipinski definition) is 4. The average molecular weight is 403 g/mol. The summed E-state index contributed by atoms with van der Waals surface area (Å²) in [5.41, 5.74) is 3.93. The highest BCUT2D eigenvalue weighted by Gasteiger charge is 2.34. The number of hydrogen-bond donors (Lipinski definition) is 1. The lowest BCUT2D eigenvalue weighted by Gasteiger charge is -2.33. The van der Waals surface area contributed by atoms with Crippen molar-refractivity contribution in [3.63, 3.8) is 0 Å². The molecule has 0 radical (unpaired) electrons. The van der Waals surface area contributed by atoms with Crippen LogP contribution in [0.5, 0.6) is 5.75 Å². The fraction of sp³-hybridized carbons (Fsp3) is 0.381. The van der Waals surface area contributed by atoms with Crippen molar-refractivity contribution in [2.24, 2.45) is 0 Å². The SMILES string of the molecule is CCc1ccc(CC)c(CNC(=O)C2CN(S(C)(=O)=O)c3ccccc3O2)c1. The Morgan fingerprint density at radius 2 is 1.89 bits per heavy atom. The molecular formula is C21H26N2O4S. The van der Waals surface area contributed by atoms with Gasteiger partial charge in [0.15, 0.2) is 6.10 Å². The summed E-state index contributed by atoms with van der Waals surface area (Å²) in [6.45, 7) is 4.52. The third kappa shape index (κ3) is 4.30. The number of rotatable bonds is 6. The van der Waals surface area contributed by atoms with Gasteiger partial charge in [0.25, 0.3) is 5.91 Å². The maximum absolute atomic E-state index is 12.8. The number of aryl methyl sites for hydroxylation is 2. The molecule has 150 valence electrons. The van der Waals surface area contributed by atoms with Crippen molar-refractivity contribution < 1.29 is 17.9 Å². The van der Waals surface area contributed by atoms with Gasteiger partial charge in [0.2, 0.25) is 10.0 Å². The molecule has 0 spiro atoms. The van der Waals surface area contributed by atoms with E-state index in [1.807, 2.05) is 0 Å². The molecule has 28 heavy (non-hydrogen) atoms. The molecule has 2 aromatic rings. The van der Waals surface area contributed by atoms with Crippen molar-refractivity contribution in [1.82, 2.24) is 5.32 Å². The predicted octanol–water partition coefficient (Wildman–Crippen LogP) is 2.65. The molecule has 1 aliphatic heterocycles. The number of amides is 1. The van der Waals surface area contributed by atoms with Gasteiger partial charge in [0.1, 0.15) is 5.75 Å². The number of carbonyl (C=O) groups is 1. The number of benzene rings is 2. The van der Waals surface area contributed by atoms with E-state index in [1.54, 1.807) is 24.3 Å². The Labute approximate surface area is 166 Å². The second kappa shape index (κ2) is 8.22. The van der Waals surface area contributed by atoms with Crippen LogP contribution in [-0.4, -0.2) is 33.2 Å². The van der Waals surface area contributed by atoms with Crippen molar-refractivity contribution in [3.05, 3.63) is 59.2 Å². The number of ether oxygens (including phenoxy) is 1. The molecule has 0 bridgehead atoms. The molecule has 1 aliphatic rings.